The van der Waals surface area contributed by atoms with Crippen LogP contribution in [0.5, 0.6) is 0 Å². The lowest BCUT2D eigenvalue weighted by molar-refractivity contribution is -0.125. The first-order valence-corrected chi connectivity index (χ1v) is 10.8. The van der Waals surface area contributed by atoms with Crippen LogP contribution in [0.1, 0.15) is 51.4 Å². The number of carbonyl (C=O) groups is 3. The van der Waals surface area contributed by atoms with E-state index in [1.807, 2.05) is 6.07 Å². The van der Waals surface area contributed by atoms with Crippen molar-refractivity contribution in [1.29, 1.82) is 0 Å². The number of benzene rings is 1. The van der Waals surface area contributed by atoms with E-state index in [2.05, 4.69) is 10.5 Å². The first-order chi connectivity index (χ1) is 14.9. The van der Waals surface area contributed by atoms with Crippen LogP contribution in [-0.4, -0.2) is 42.9 Å². The minimum absolute atomic E-state index is 0.119. The van der Waals surface area contributed by atoms with Gasteiger partial charge in [0.1, 0.15) is 9.88 Å². The Morgan fingerprint density at radius 3 is 2.55 bits per heavy atom. The van der Waals surface area contributed by atoms with Crippen molar-refractivity contribution in [2.24, 2.45) is 5.16 Å². The maximum Gasteiger partial charge on any atom is 0.348 e. The Labute approximate surface area is 188 Å². The molecule has 1 aromatic heterocycles. The molecule has 31 heavy (non-hydrogen) atoms. The van der Waals surface area contributed by atoms with Crippen molar-refractivity contribution in [2.75, 3.05) is 18.5 Å². The zero-order valence-corrected chi connectivity index (χ0v) is 18.8. The second kappa shape index (κ2) is 9.93. The van der Waals surface area contributed by atoms with Crippen LogP contribution < -0.4 is 5.32 Å². The third-order valence-electron chi connectivity index (χ3n) is 4.47. The number of carbonyl (C=O) groups excluding carboxylic acids is 3. The van der Waals surface area contributed by atoms with Gasteiger partial charge in [-0.2, -0.15) is 0 Å². The molecule has 0 saturated carbocycles. The fourth-order valence-corrected chi connectivity index (χ4v) is 4.34. The Kier molecular flexibility index (Phi) is 7.29. The SMILES string of the molecule is CCOC(=O)c1sc(NC(=O)[C@H]2CC(c3ccccc3Cl)=NO2)c(C(=O)OCC)c1C. The number of anilines is 1. The van der Waals surface area contributed by atoms with Crippen molar-refractivity contribution in [3.63, 3.8) is 0 Å². The van der Waals surface area contributed by atoms with Crippen molar-refractivity contribution >= 4 is 51.5 Å². The molecule has 0 saturated heterocycles. The lowest BCUT2D eigenvalue weighted by Gasteiger charge is -2.10. The van der Waals surface area contributed by atoms with Gasteiger partial charge in [-0.3, -0.25) is 4.79 Å². The fraction of sp³-hybridized carbons (Fsp3) is 0.333. The number of nitrogens with zero attached hydrogens (tertiary/aromatic N) is 1. The van der Waals surface area contributed by atoms with Crippen LogP contribution in [0.3, 0.4) is 0 Å². The Hall–Kier alpha value is -2.91. The van der Waals surface area contributed by atoms with Gasteiger partial charge < -0.3 is 19.6 Å². The smallest absolute Gasteiger partial charge is 0.348 e. The topological polar surface area (TPSA) is 103 Å². The van der Waals surface area contributed by atoms with Crippen LogP contribution in [0.4, 0.5) is 5.00 Å². The van der Waals surface area contributed by atoms with Gasteiger partial charge in [-0.05, 0) is 32.4 Å². The average Bonchev–Trinajstić information content (AvgIpc) is 3.34. The van der Waals surface area contributed by atoms with Gasteiger partial charge in [0.05, 0.1) is 24.5 Å². The van der Waals surface area contributed by atoms with Gasteiger partial charge in [0.25, 0.3) is 5.91 Å². The average molecular weight is 465 g/mol. The van der Waals surface area contributed by atoms with Crippen LogP contribution in [0.2, 0.25) is 5.02 Å². The van der Waals surface area contributed by atoms with Crippen molar-refractivity contribution in [3.8, 4) is 0 Å². The number of oxime groups is 1. The number of hydrogen-bond acceptors (Lipinski definition) is 8. The maximum atomic E-state index is 12.8. The molecule has 10 heteroatoms. The normalized spacial score (nSPS) is 15.1. The number of hydrogen-bond donors (Lipinski definition) is 1. The van der Waals surface area contributed by atoms with Crippen molar-refractivity contribution in [2.45, 2.75) is 33.3 Å². The molecule has 0 fully saturated rings. The molecule has 2 heterocycles. The van der Waals surface area contributed by atoms with Gasteiger partial charge in [-0.15, -0.1) is 11.3 Å². The van der Waals surface area contributed by atoms with E-state index in [1.165, 1.54) is 0 Å². The second-order valence-electron chi connectivity index (χ2n) is 6.51. The minimum Gasteiger partial charge on any atom is -0.462 e. The highest BCUT2D eigenvalue weighted by Gasteiger charge is 2.33. The van der Waals surface area contributed by atoms with E-state index in [1.54, 1.807) is 39.0 Å². The van der Waals surface area contributed by atoms with Crippen LogP contribution in [0.25, 0.3) is 0 Å². The summed E-state index contributed by atoms with van der Waals surface area (Å²) < 4.78 is 10.1. The van der Waals surface area contributed by atoms with Gasteiger partial charge in [-0.1, -0.05) is 35.0 Å². The molecule has 0 spiro atoms. The Morgan fingerprint density at radius 1 is 1.19 bits per heavy atom. The molecule has 8 nitrogen and oxygen atoms in total. The minimum atomic E-state index is -0.908. The first-order valence-electron chi connectivity index (χ1n) is 9.63. The monoisotopic (exact) mass is 464 g/mol. The van der Waals surface area contributed by atoms with E-state index in [9.17, 15) is 14.4 Å². The molecule has 1 N–H and O–H groups in total. The Balaban J connectivity index is 1.81. The summed E-state index contributed by atoms with van der Waals surface area (Å²) in [6, 6.07) is 7.12. The van der Waals surface area contributed by atoms with E-state index in [0.29, 0.717) is 21.9 Å². The molecule has 0 aliphatic carbocycles. The van der Waals surface area contributed by atoms with Crippen molar-refractivity contribution < 1.29 is 28.7 Å². The first kappa shape index (κ1) is 22.8. The van der Waals surface area contributed by atoms with E-state index < -0.39 is 23.9 Å². The van der Waals surface area contributed by atoms with E-state index in [4.69, 9.17) is 25.9 Å². The van der Waals surface area contributed by atoms with Crippen LogP contribution in [0, 0.1) is 6.92 Å². The van der Waals surface area contributed by atoms with Crippen LogP contribution in [-0.2, 0) is 19.1 Å². The van der Waals surface area contributed by atoms with Gasteiger partial charge in [0.2, 0.25) is 6.10 Å². The molecule has 1 amide bonds. The number of esters is 2. The van der Waals surface area contributed by atoms with Crippen LogP contribution >= 0.6 is 22.9 Å². The molecule has 1 aromatic carbocycles. The molecular weight excluding hydrogens is 444 g/mol. The summed E-state index contributed by atoms with van der Waals surface area (Å²) in [5.74, 6) is -1.71. The van der Waals surface area contributed by atoms with Crippen molar-refractivity contribution in [1.82, 2.24) is 0 Å². The molecule has 3 rings (SSSR count). The summed E-state index contributed by atoms with van der Waals surface area (Å²) in [4.78, 5) is 43.1. The summed E-state index contributed by atoms with van der Waals surface area (Å²) in [6.45, 7) is 5.30. The highest BCUT2D eigenvalue weighted by Crippen LogP contribution is 2.35. The number of thiophene rings is 1. The summed E-state index contributed by atoms with van der Waals surface area (Å²) in [5.41, 5.74) is 1.74. The van der Waals surface area contributed by atoms with Crippen LogP contribution in [0.15, 0.2) is 29.4 Å². The Morgan fingerprint density at radius 2 is 1.87 bits per heavy atom. The van der Waals surface area contributed by atoms with Gasteiger partial charge in [-0.25, -0.2) is 9.59 Å². The summed E-state index contributed by atoms with van der Waals surface area (Å²) in [7, 11) is 0. The number of halogens is 1. The standard InChI is InChI=1S/C21H21ClN2O6S/c1-4-28-20(26)16-11(3)17(21(27)29-5-2)31-19(16)23-18(25)15-10-14(24-30-15)12-8-6-7-9-13(12)22/h6-9,15H,4-5,10H2,1-3H3,(H,23,25)/t15-/m1/s1. The Bertz CT molecular complexity index is 1050. The summed E-state index contributed by atoms with van der Waals surface area (Å²) >= 11 is 7.15. The largest absolute Gasteiger partial charge is 0.462 e. The molecule has 0 unspecified atom stereocenters. The molecule has 1 aliphatic rings. The summed E-state index contributed by atoms with van der Waals surface area (Å²) in [5, 5.41) is 7.36. The zero-order chi connectivity index (χ0) is 22.5. The number of ether oxygens (including phenoxy) is 2. The molecule has 0 bridgehead atoms. The molecular formula is C21H21ClN2O6S. The zero-order valence-electron chi connectivity index (χ0n) is 17.2. The third kappa shape index (κ3) is 4.88. The molecule has 164 valence electrons. The summed E-state index contributed by atoms with van der Waals surface area (Å²) in [6.07, 6.45) is -0.700. The van der Waals surface area contributed by atoms with Crippen molar-refractivity contribution in [3.05, 3.63) is 50.9 Å². The molecule has 2 aromatic rings. The molecule has 1 aliphatic heterocycles. The quantitative estimate of drug-likeness (QED) is 0.616. The predicted octanol–water partition coefficient (Wildman–Crippen LogP) is 4.20. The second-order valence-corrected chi connectivity index (χ2v) is 7.93. The maximum absolute atomic E-state index is 12.8. The lowest BCUT2D eigenvalue weighted by Crippen LogP contribution is -2.28. The van der Waals surface area contributed by atoms with E-state index in [-0.39, 0.29) is 35.1 Å². The molecule has 0 radical (unpaired) electrons. The number of amides is 1. The lowest BCUT2D eigenvalue weighted by atomic mass is 10.0. The predicted molar refractivity (Wildman–Crippen MR) is 117 cm³/mol. The van der Waals surface area contributed by atoms with Gasteiger partial charge in [0, 0.05) is 17.0 Å². The fourth-order valence-electron chi connectivity index (χ4n) is 3.01. The van der Waals surface area contributed by atoms with E-state index >= 15 is 0 Å². The number of rotatable bonds is 7. The van der Waals surface area contributed by atoms with Gasteiger partial charge in [0.15, 0.2) is 0 Å². The number of nitrogens with one attached hydrogen (secondary N) is 1. The van der Waals surface area contributed by atoms with E-state index in [0.717, 1.165) is 11.3 Å². The highest BCUT2D eigenvalue weighted by molar-refractivity contribution is 7.18. The molecule has 1 atom stereocenters. The third-order valence-corrected chi connectivity index (χ3v) is 5.99. The van der Waals surface area contributed by atoms with Gasteiger partial charge >= 0.3 is 11.9 Å². The highest BCUT2D eigenvalue weighted by atomic mass is 35.5.